The van der Waals surface area contributed by atoms with Crippen LogP contribution in [0.3, 0.4) is 0 Å². The number of aliphatic hydroxyl groups excluding tert-OH is 5. The molecule has 18 N–H and O–H groups in total. The summed E-state index contributed by atoms with van der Waals surface area (Å²) in [5, 5.41) is 89.1. The van der Waals surface area contributed by atoms with Crippen LogP contribution in [0.2, 0.25) is 0 Å². The average Bonchev–Trinajstić information content (AvgIpc) is 0.952. The van der Waals surface area contributed by atoms with Gasteiger partial charge in [-0.25, -0.2) is 30.5 Å². The van der Waals surface area contributed by atoms with Gasteiger partial charge in [0, 0.05) is 13.1 Å². The van der Waals surface area contributed by atoms with Crippen LogP contribution in [0, 0.1) is 5.92 Å². The molecule has 5 aliphatic rings. The van der Waals surface area contributed by atoms with E-state index in [1.165, 1.54) is 4.72 Å². The fourth-order valence-electron chi connectivity index (χ4n) is 8.65. The molecule has 0 radical (unpaired) electrons. The molecule has 496 valence electrons. The minimum Gasteiger partial charge on any atom is -0.481 e. The zero-order chi connectivity index (χ0) is 64.7. The summed E-state index contributed by atoms with van der Waals surface area (Å²) in [4.78, 5) is 37.2. The van der Waals surface area contributed by atoms with Gasteiger partial charge in [0.1, 0.15) is 79.2 Å². The van der Waals surface area contributed by atoms with Crippen molar-refractivity contribution in [3.63, 3.8) is 0 Å². The number of β-amino-alcohol motifs (C(OH)–C–C–N with tert-alkyl or cyclic N) is 1. The van der Waals surface area contributed by atoms with Crippen molar-refractivity contribution < 1.29 is 205 Å². The Morgan fingerprint density at radius 3 is 1.09 bits per heavy atom. The maximum atomic E-state index is 13.0. The minimum absolute atomic E-state index is 0.449. The lowest BCUT2D eigenvalue weighted by molar-refractivity contribution is -0.369. The molecule has 5 aliphatic heterocycles. The standard InChI is InChI=1S/C30H49N3O45S7/c34-6-2-31-1-5(24(39)40)15(6)70-27-9(32-79(45,46)47)11(35)16(7(68-27)3-66-81(51,52)53)71-29-20(77-84(60,61)62)13(37)18(22(74-29)25(41)42)73-28-10(33-80(48,49)50)12(36)17(8(69-28)4-67-82(54,55)56)72-30-21(78-85(63,64)65)14(38)19(76-83(57,58)59)23(75-30)26(43)44/h5-23,27-38H,1-4H2,(H,39,40)(H,41,42)(H,43,44)(H,45,46,47)(H,48,49,50)(H,51,52,53)(H,54,55,56)(H,57,58,59)(H,60,61,62)(H,63,64,65)/t5-,6+,7+,8+,9+,10+,11+,12+,13-,14-,15+,16+,17+,18-,19-,20+,21+,22+,23+,27+,28+,29+,30+/m0/s1. The van der Waals surface area contributed by atoms with Gasteiger partial charge < -0.3 is 84.1 Å². The molecule has 0 aromatic carbocycles. The van der Waals surface area contributed by atoms with Crippen LogP contribution in [0.25, 0.3) is 0 Å². The normalized spacial score (nSPS) is 38.5. The molecule has 0 spiro atoms. The Balaban J connectivity index is 1.59. The summed E-state index contributed by atoms with van der Waals surface area (Å²) in [6.45, 7) is -4.50. The number of aliphatic carboxylic acids is 3. The molecule has 0 saturated carbocycles. The van der Waals surface area contributed by atoms with Crippen LogP contribution in [-0.4, -0.2) is 311 Å². The first-order chi connectivity index (χ1) is 38.5. The number of piperidine rings is 1. The van der Waals surface area contributed by atoms with Gasteiger partial charge in [-0.15, -0.1) is 0 Å². The van der Waals surface area contributed by atoms with Gasteiger partial charge in [-0.3, -0.25) is 36.7 Å². The largest absolute Gasteiger partial charge is 0.481 e. The van der Waals surface area contributed by atoms with Crippen LogP contribution in [0.15, 0.2) is 0 Å². The fraction of sp³-hybridized carbons (Fsp3) is 0.900. The number of carbonyl (C=O) groups is 3. The van der Waals surface area contributed by atoms with E-state index in [4.69, 9.17) is 37.9 Å². The fourth-order valence-corrected chi connectivity index (χ4v) is 11.9. The summed E-state index contributed by atoms with van der Waals surface area (Å²) >= 11 is 0. The van der Waals surface area contributed by atoms with Gasteiger partial charge in [-0.2, -0.15) is 68.4 Å². The second-order valence-electron chi connectivity index (χ2n) is 17.8. The van der Waals surface area contributed by atoms with E-state index in [1.807, 2.05) is 0 Å². The van der Waals surface area contributed by atoms with E-state index in [0.717, 1.165) is 4.72 Å². The third-order valence-electron chi connectivity index (χ3n) is 11.9. The van der Waals surface area contributed by atoms with Gasteiger partial charge in [-0.1, -0.05) is 0 Å². The van der Waals surface area contributed by atoms with Crippen LogP contribution in [-0.2, 0) is 146 Å². The zero-order valence-corrected chi connectivity index (χ0v) is 46.6. The van der Waals surface area contributed by atoms with E-state index in [-0.39, 0.29) is 0 Å². The topological polar surface area (TPSA) is 750 Å². The third kappa shape index (κ3) is 20.7. The predicted molar refractivity (Wildman–Crippen MR) is 245 cm³/mol. The van der Waals surface area contributed by atoms with Crippen molar-refractivity contribution in [1.29, 1.82) is 0 Å². The summed E-state index contributed by atoms with van der Waals surface area (Å²) in [7, 11) is -41.1. The van der Waals surface area contributed by atoms with E-state index in [0.29, 0.717) is 0 Å². The highest BCUT2D eigenvalue weighted by atomic mass is 32.3. The molecule has 5 fully saturated rings. The number of hydrogen-bond acceptors (Lipinski definition) is 36. The second kappa shape index (κ2) is 27.6. The van der Waals surface area contributed by atoms with Crippen LogP contribution in [0.4, 0.5) is 0 Å². The number of rotatable bonds is 27. The predicted octanol–water partition coefficient (Wildman–Crippen LogP) is -12.6. The Hall–Kier alpha value is -3.06. The van der Waals surface area contributed by atoms with E-state index < -0.39 is 258 Å². The first kappa shape index (κ1) is 72.7. The summed E-state index contributed by atoms with van der Waals surface area (Å²) < 4.78 is 301. The van der Waals surface area contributed by atoms with Crippen LogP contribution in [0.1, 0.15) is 0 Å². The van der Waals surface area contributed by atoms with Crippen molar-refractivity contribution >= 4 is 90.5 Å². The van der Waals surface area contributed by atoms with Crippen molar-refractivity contribution in [2.24, 2.45) is 5.92 Å². The van der Waals surface area contributed by atoms with Crippen molar-refractivity contribution in [3.05, 3.63) is 0 Å². The molecule has 48 nitrogen and oxygen atoms in total. The monoisotopic (exact) mass is 1390 g/mol. The molecule has 0 unspecified atom stereocenters. The summed E-state index contributed by atoms with van der Waals surface area (Å²) in [5.74, 6) is -8.34. The quantitative estimate of drug-likeness (QED) is 0.0340. The molecule has 55 heteroatoms. The summed E-state index contributed by atoms with van der Waals surface area (Å²) in [5.41, 5.74) is 0. The van der Waals surface area contributed by atoms with Gasteiger partial charge in [-0.05, 0) is 0 Å². The SMILES string of the molecule is O=C(O)[C@H]1CNC[C@@H](O)[C@@H]1O[C@H]1O[C@H](COS(=O)(=O)O)[C@@H](O[C@@H]2O[C@@H](C(=O)O)[C@@H](O[C@H]3O[C@H](COS(=O)(=O)O)[C@@H](O[C@@H]4O[C@@H](C(=O)O)[C@@H](OS(=O)(=O)O)[C@H](O)[C@H]4OS(=O)(=O)O)[C@H](O)[C@H]3NS(=O)(=O)O)[C@H](O)[C@H]2OS(=O)(=O)O)[C@H](O)[C@H]1NS(=O)(=O)O. The third-order valence-corrected chi connectivity index (χ3v) is 15.3. The van der Waals surface area contributed by atoms with Crippen LogP contribution in [0.5, 0.6) is 0 Å². The molecular weight excluding hydrogens is 1350 g/mol. The highest BCUT2D eigenvalue weighted by molar-refractivity contribution is 7.84. The maximum absolute atomic E-state index is 13.0. The Morgan fingerprint density at radius 1 is 0.412 bits per heavy atom. The molecule has 5 saturated heterocycles. The van der Waals surface area contributed by atoms with E-state index in [1.54, 1.807) is 0 Å². The summed E-state index contributed by atoms with van der Waals surface area (Å²) in [6.07, 6.45) is -57.6. The first-order valence-corrected chi connectivity index (χ1v) is 32.0. The Kier molecular flexibility index (Phi) is 23.6. The zero-order valence-electron chi connectivity index (χ0n) is 40.9. The molecule has 85 heavy (non-hydrogen) atoms. The number of hydrogen-bond donors (Lipinski definition) is 18. The smallest absolute Gasteiger partial charge is 0.397 e. The maximum Gasteiger partial charge on any atom is 0.397 e. The molecule has 5 heterocycles. The molecule has 0 aliphatic carbocycles. The molecule has 0 aromatic rings. The Morgan fingerprint density at radius 2 is 0.753 bits per heavy atom. The number of carboxylic acid groups (broad SMARTS) is 3. The second-order valence-corrected chi connectivity index (χ2v) is 25.5. The molecule has 0 bridgehead atoms. The van der Waals surface area contributed by atoms with Gasteiger partial charge >= 0.3 is 90.5 Å². The number of ether oxygens (including phenoxy) is 8. The first-order valence-electron chi connectivity index (χ1n) is 22.3. The lowest BCUT2D eigenvalue weighted by Crippen LogP contribution is -2.71. The number of carboxylic acids is 3. The van der Waals surface area contributed by atoms with E-state index in [2.05, 4.69) is 26.2 Å². The van der Waals surface area contributed by atoms with Crippen LogP contribution >= 0.6 is 0 Å². The molecule has 0 aromatic heterocycles. The molecular formula is C30H49N3O45S7. The van der Waals surface area contributed by atoms with Crippen molar-refractivity contribution in [2.75, 3.05) is 26.3 Å². The van der Waals surface area contributed by atoms with Gasteiger partial charge in [0.2, 0.25) is 0 Å². The highest BCUT2D eigenvalue weighted by Gasteiger charge is 2.61. The summed E-state index contributed by atoms with van der Waals surface area (Å²) in [6, 6.07) is -5.63. The minimum atomic E-state index is -6.16. The van der Waals surface area contributed by atoms with Crippen molar-refractivity contribution in [3.8, 4) is 0 Å². The Labute approximate surface area is 475 Å². The average molecular weight is 1400 g/mol. The molecule has 0 amide bonds. The van der Waals surface area contributed by atoms with E-state index >= 15 is 0 Å². The molecule has 23 atom stereocenters. The van der Waals surface area contributed by atoms with Crippen molar-refractivity contribution in [2.45, 2.75) is 135 Å². The lowest BCUT2D eigenvalue weighted by atomic mass is 9.92. The van der Waals surface area contributed by atoms with Gasteiger partial charge in [0.05, 0.1) is 25.2 Å². The highest BCUT2D eigenvalue weighted by Crippen LogP contribution is 2.38. The lowest BCUT2D eigenvalue weighted by Gasteiger charge is -2.50. The van der Waals surface area contributed by atoms with E-state index in [9.17, 15) is 146 Å². The van der Waals surface area contributed by atoms with Gasteiger partial charge in [0.15, 0.2) is 49.6 Å². The van der Waals surface area contributed by atoms with Crippen molar-refractivity contribution in [1.82, 2.24) is 14.8 Å². The number of aliphatic hydroxyl groups is 5. The Bertz CT molecular complexity index is 3200. The van der Waals surface area contributed by atoms with Crippen LogP contribution < -0.4 is 14.8 Å². The van der Waals surface area contributed by atoms with Gasteiger partial charge in [0.25, 0.3) is 0 Å². The number of nitrogens with one attached hydrogen (secondary N) is 3. The molecule has 5 rings (SSSR count).